The van der Waals surface area contributed by atoms with E-state index in [2.05, 4.69) is 10.1 Å². The number of esters is 1. The first-order valence-corrected chi connectivity index (χ1v) is 7.55. The minimum absolute atomic E-state index is 0.0428. The first kappa shape index (κ1) is 18.7. The molecule has 0 aliphatic carbocycles. The lowest BCUT2D eigenvalue weighted by molar-refractivity contribution is -0.139. The van der Waals surface area contributed by atoms with Crippen molar-refractivity contribution in [2.75, 3.05) is 18.2 Å². The fourth-order valence-corrected chi connectivity index (χ4v) is 2.55. The fraction of sp³-hybridized carbons (Fsp3) is 0.333. The van der Waals surface area contributed by atoms with Crippen LogP contribution in [0.2, 0.25) is 0 Å². The number of fused-ring (bicyclic) bond motifs is 1. The van der Waals surface area contributed by atoms with Gasteiger partial charge in [-0.05, 0) is 6.07 Å². The molecule has 23 heavy (non-hydrogen) atoms. The number of alkyl halides is 3. The van der Waals surface area contributed by atoms with Gasteiger partial charge in [-0.2, -0.15) is 21.6 Å². The predicted molar refractivity (Wildman–Crippen MR) is 72.3 cm³/mol. The minimum Gasteiger partial charge on any atom is -0.469 e. The number of carbonyl (C=O) groups excluding carboxylic acids is 2. The van der Waals surface area contributed by atoms with E-state index in [1.807, 2.05) is 0 Å². The molecule has 0 radical (unpaired) electrons. The molecule has 1 amide bonds. The van der Waals surface area contributed by atoms with Gasteiger partial charge in [-0.1, -0.05) is 12.1 Å². The topological polar surface area (TPSA) is 98.8 Å². The van der Waals surface area contributed by atoms with Gasteiger partial charge in [0, 0.05) is 5.56 Å². The van der Waals surface area contributed by atoms with Crippen molar-refractivity contribution >= 4 is 27.7 Å². The maximum atomic E-state index is 11.6. The van der Waals surface area contributed by atoms with Gasteiger partial charge in [0.25, 0.3) is 0 Å². The maximum Gasteiger partial charge on any atom is 0.379 e. The molecule has 128 valence electrons. The molecule has 1 aliphatic rings. The second-order valence-electron chi connectivity index (χ2n) is 4.13. The average molecular weight is 355 g/mol. The van der Waals surface area contributed by atoms with Crippen molar-refractivity contribution in [3.63, 3.8) is 0 Å². The highest BCUT2D eigenvalue weighted by Crippen LogP contribution is 2.32. The molecule has 0 bridgehead atoms. The lowest BCUT2D eigenvalue weighted by Gasteiger charge is -2.10. The van der Waals surface area contributed by atoms with Crippen LogP contribution in [0.5, 0.6) is 5.75 Å². The Kier molecular flexibility index (Phi) is 6.37. The smallest absolute Gasteiger partial charge is 0.379 e. The highest BCUT2D eigenvalue weighted by atomic mass is 32.2. The molecule has 7 nitrogen and oxygen atoms in total. The van der Waals surface area contributed by atoms with Crippen LogP contribution in [0.25, 0.3) is 0 Å². The number of amides is 1. The molecular weight excluding hydrogens is 343 g/mol. The molecule has 0 fully saturated rings. The second-order valence-corrected chi connectivity index (χ2v) is 5.70. The summed E-state index contributed by atoms with van der Waals surface area (Å²) in [6, 6.07) is 4.61. The number of nitrogens with one attached hydrogen (secondary N) is 1. The van der Waals surface area contributed by atoms with Crippen molar-refractivity contribution in [3.05, 3.63) is 23.8 Å². The Morgan fingerprint density at radius 1 is 1.39 bits per heavy atom. The van der Waals surface area contributed by atoms with Gasteiger partial charge in [-0.15, -0.1) is 0 Å². The van der Waals surface area contributed by atoms with Crippen molar-refractivity contribution in [3.8, 4) is 5.75 Å². The summed E-state index contributed by atoms with van der Waals surface area (Å²) in [6.07, 6.45) is -0.148. The van der Waals surface area contributed by atoms with Gasteiger partial charge in [0.1, 0.15) is 0 Å². The highest BCUT2D eigenvalue weighted by molar-refractivity contribution is 7.87. The van der Waals surface area contributed by atoms with Crippen molar-refractivity contribution in [1.82, 2.24) is 0 Å². The molecule has 0 spiro atoms. The number of halogens is 3. The van der Waals surface area contributed by atoms with E-state index in [0.29, 0.717) is 5.56 Å². The molecule has 0 saturated heterocycles. The molecule has 0 saturated carbocycles. The lowest BCUT2D eigenvalue weighted by atomic mass is 10.1. The van der Waals surface area contributed by atoms with E-state index >= 15 is 0 Å². The van der Waals surface area contributed by atoms with Gasteiger partial charge >= 0.3 is 22.8 Å². The molecule has 0 atom stereocenters. The Morgan fingerprint density at radius 3 is 2.57 bits per heavy atom. The van der Waals surface area contributed by atoms with Crippen molar-refractivity contribution < 1.29 is 40.1 Å². The SMILES string of the molecule is COC(=O)Cc1cccc2c1OS(=O)(=O)CC(=O)N2.FC(F)F. The Hall–Kier alpha value is -2.30. The zero-order valence-electron chi connectivity index (χ0n) is 11.7. The molecule has 1 N–H and O–H groups in total. The van der Waals surface area contributed by atoms with E-state index in [9.17, 15) is 31.2 Å². The van der Waals surface area contributed by atoms with E-state index in [1.54, 1.807) is 6.07 Å². The fourth-order valence-electron chi connectivity index (χ4n) is 1.65. The minimum atomic E-state index is -4.01. The van der Waals surface area contributed by atoms with Crippen LogP contribution < -0.4 is 9.50 Å². The third-order valence-electron chi connectivity index (χ3n) is 2.45. The molecule has 2 rings (SSSR count). The summed E-state index contributed by atoms with van der Waals surface area (Å²) in [4.78, 5) is 22.7. The van der Waals surface area contributed by atoms with E-state index in [-0.39, 0.29) is 17.9 Å². The van der Waals surface area contributed by atoms with Crippen LogP contribution in [0.1, 0.15) is 5.56 Å². The Labute approximate surface area is 129 Å². The zero-order valence-corrected chi connectivity index (χ0v) is 12.5. The number of ether oxygens (including phenoxy) is 1. The van der Waals surface area contributed by atoms with Crippen molar-refractivity contribution in [2.24, 2.45) is 0 Å². The number of carbonyl (C=O) groups is 2. The van der Waals surface area contributed by atoms with Crippen LogP contribution in [-0.2, 0) is 30.9 Å². The van der Waals surface area contributed by atoms with Gasteiger partial charge in [0.2, 0.25) is 5.91 Å². The van der Waals surface area contributed by atoms with Gasteiger partial charge in [-0.25, -0.2) is 0 Å². The van der Waals surface area contributed by atoms with Crippen LogP contribution in [0, 0.1) is 0 Å². The standard InChI is InChI=1S/C11H11NO6S.CHF3/c1-17-10(14)5-7-3-2-4-8-11(7)18-19(15,16)6-9(13)12-8;2-1(3)4/h2-4H,5-6H2,1H3,(H,12,13);1H. The molecule has 0 aromatic heterocycles. The Morgan fingerprint density at radius 2 is 2.00 bits per heavy atom. The van der Waals surface area contributed by atoms with Crippen LogP contribution in [0.4, 0.5) is 18.9 Å². The number of benzene rings is 1. The lowest BCUT2D eigenvalue weighted by Crippen LogP contribution is -2.22. The Bertz CT molecular complexity index is 689. The summed E-state index contributed by atoms with van der Waals surface area (Å²) in [5.74, 6) is -2.03. The third-order valence-corrected chi connectivity index (χ3v) is 3.49. The quantitative estimate of drug-likeness (QED) is 0.633. The maximum absolute atomic E-state index is 11.6. The predicted octanol–water partition coefficient (Wildman–Crippen LogP) is 1.24. The van der Waals surface area contributed by atoms with Crippen LogP contribution in [0.15, 0.2) is 18.2 Å². The van der Waals surface area contributed by atoms with Gasteiger partial charge in [0.15, 0.2) is 11.5 Å². The van der Waals surface area contributed by atoms with Gasteiger partial charge < -0.3 is 14.2 Å². The summed E-state index contributed by atoms with van der Waals surface area (Å²) in [5.41, 5.74) is 0.544. The first-order valence-electron chi connectivity index (χ1n) is 5.97. The summed E-state index contributed by atoms with van der Waals surface area (Å²) in [5, 5.41) is 2.41. The molecule has 1 aromatic rings. The van der Waals surface area contributed by atoms with E-state index in [0.717, 1.165) is 0 Å². The van der Waals surface area contributed by atoms with Crippen molar-refractivity contribution in [2.45, 2.75) is 13.1 Å². The van der Waals surface area contributed by atoms with E-state index in [1.165, 1.54) is 19.2 Å². The number of rotatable bonds is 2. The molecule has 1 heterocycles. The number of anilines is 1. The number of methoxy groups -OCH3 is 1. The molecule has 1 aromatic carbocycles. The summed E-state index contributed by atoms with van der Waals surface area (Å²) in [6.45, 7) is -3.67. The normalized spacial score (nSPS) is 15.3. The number of para-hydroxylation sites is 1. The number of hydrogen-bond acceptors (Lipinski definition) is 6. The van der Waals surface area contributed by atoms with E-state index in [4.69, 9.17) is 4.18 Å². The Balaban J connectivity index is 0.000000593. The first-order chi connectivity index (χ1) is 10.6. The van der Waals surface area contributed by atoms with Gasteiger partial charge in [-0.3, -0.25) is 9.59 Å². The summed E-state index contributed by atoms with van der Waals surface area (Å²) < 4.78 is 61.5. The van der Waals surface area contributed by atoms with Crippen LogP contribution in [0.3, 0.4) is 0 Å². The van der Waals surface area contributed by atoms with Crippen molar-refractivity contribution in [1.29, 1.82) is 0 Å². The summed E-state index contributed by atoms with van der Waals surface area (Å²) >= 11 is 0. The highest BCUT2D eigenvalue weighted by Gasteiger charge is 2.27. The number of hydrogen-bond donors (Lipinski definition) is 1. The molecule has 0 unspecified atom stereocenters. The largest absolute Gasteiger partial charge is 0.469 e. The third kappa shape index (κ3) is 6.14. The summed E-state index contributed by atoms with van der Waals surface area (Å²) in [7, 11) is -2.79. The second kappa shape index (κ2) is 7.81. The van der Waals surface area contributed by atoms with Crippen LogP contribution >= 0.6 is 0 Å². The van der Waals surface area contributed by atoms with Crippen LogP contribution in [-0.4, -0.2) is 39.8 Å². The monoisotopic (exact) mass is 355 g/mol. The zero-order chi connectivity index (χ0) is 17.6. The van der Waals surface area contributed by atoms with Gasteiger partial charge in [0.05, 0.1) is 19.2 Å². The molecular formula is C12H12F3NO6S. The van der Waals surface area contributed by atoms with E-state index < -0.39 is 34.4 Å². The average Bonchev–Trinajstić information content (AvgIpc) is 2.52. The molecule has 11 heteroatoms. The molecule has 1 aliphatic heterocycles.